The van der Waals surface area contributed by atoms with E-state index in [1.54, 1.807) is 4.68 Å². The first-order chi connectivity index (χ1) is 13.8. The predicted molar refractivity (Wildman–Crippen MR) is 122 cm³/mol. The van der Waals surface area contributed by atoms with E-state index in [9.17, 15) is 4.79 Å². The third-order valence-electron chi connectivity index (χ3n) is 5.35. The molecule has 0 bridgehead atoms. The van der Waals surface area contributed by atoms with Gasteiger partial charge in [-0.25, -0.2) is 14.2 Å². The number of fused-ring (bicyclic) bond motifs is 1. The Balaban J connectivity index is 0.00000205. The molecule has 0 atom stereocenters. The quantitative estimate of drug-likeness (QED) is 0.506. The molecule has 1 N–H and O–H groups in total. The van der Waals surface area contributed by atoms with Crippen molar-refractivity contribution in [2.45, 2.75) is 25.7 Å². The van der Waals surface area contributed by atoms with E-state index in [0.717, 1.165) is 54.1 Å². The lowest BCUT2D eigenvalue weighted by Crippen LogP contribution is -2.33. The molecule has 0 spiro atoms. The summed E-state index contributed by atoms with van der Waals surface area (Å²) >= 11 is 0. The first-order valence-corrected chi connectivity index (χ1v) is 9.85. The van der Waals surface area contributed by atoms with Gasteiger partial charge in [-0.05, 0) is 31.4 Å². The van der Waals surface area contributed by atoms with Gasteiger partial charge in [0.05, 0.1) is 17.6 Å². The van der Waals surface area contributed by atoms with Gasteiger partial charge in [-0.1, -0.05) is 55.0 Å². The van der Waals surface area contributed by atoms with Crippen LogP contribution in [0.5, 0.6) is 0 Å². The minimum atomic E-state index is -0.0160. The fourth-order valence-corrected chi connectivity index (χ4v) is 3.96. The second kappa shape index (κ2) is 8.25. The number of imidazole rings is 1. The predicted octanol–water partition coefficient (Wildman–Crippen LogP) is 3.72. The minimum absolute atomic E-state index is 0. The van der Waals surface area contributed by atoms with Crippen molar-refractivity contribution in [1.29, 1.82) is 0 Å². The van der Waals surface area contributed by atoms with Gasteiger partial charge >= 0.3 is 0 Å². The van der Waals surface area contributed by atoms with Crippen molar-refractivity contribution in [3.8, 4) is 16.9 Å². The van der Waals surface area contributed by atoms with Crippen LogP contribution in [0.2, 0.25) is 0 Å². The zero-order valence-electron chi connectivity index (χ0n) is 16.0. The summed E-state index contributed by atoms with van der Waals surface area (Å²) in [5, 5.41) is 4.20. The minimum Gasteiger partial charge on any atom is -0.388 e. The lowest BCUT2D eigenvalue weighted by atomic mass is 10.2. The van der Waals surface area contributed by atoms with Crippen LogP contribution >= 0.6 is 17.0 Å². The molecule has 3 heterocycles. The number of nitrogens with one attached hydrogen (secondary N) is 1. The number of para-hydroxylation sites is 1. The Kier molecular flexibility index (Phi) is 5.53. The summed E-state index contributed by atoms with van der Waals surface area (Å²) in [7, 11) is 0. The topological polar surface area (TPSA) is 51.3 Å². The van der Waals surface area contributed by atoms with Crippen LogP contribution in [-0.2, 0) is 0 Å². The number of rotatable bonds is 2. The normalized spacial score (nSPS) is 16.1. The van der Waals surface area contributed by atoms with Gasteiger partial charge in [0.1, 0.15) is 5.22 Å². The number of hydrogen-bond donors (Lipinski definition) is 1. The summed E-state index contributed by atoms with van der Waals surface area (Å²) in [6, 6.07) is 19.9. The van der Waals surface area contributed by atoms with Crippen LogP contribution < -0.4 is 16.1 Å². The maximum Gasteiger partial charge on any atom is 0.283 e. The summed E-state index contributed by atoms with van der Waals surface area (Å²) < 4.78 is 3.62. The van der Waals surface area contributed by atoms with Crippen molar-refractivity contribution in [1.82, 2.24) is 19.5 Å². The molecule has 1 saturated heterocycles. The van der Waals surface area contributed by atoms with Crippen LogP contribution in [0.15, 0.2) is 71.7 Å². The average molecular weight is 451 g/mol. The second-order valence-electron chi connectivity index (χ2n) is 7.20. The summed E-state index contributed by atoms with van der Waals surface area (Å²) in [4.78, 5) is 18.3. The van der Waals surface area contributed by atoms with Crippen molar-refractivity contribution in [2.24, 2.45) is 0 Å². The Hall–Kier alpha value is -2.86. The summed E-state index contributed by atoms with van der Waals surface area (Å²) in [6.07, 6.45) is 6.26. The number of aromatic nitrogens is 3. The lowest BCUT2D eigenvalue weighted by molar-refractivity contribution is 0.721. The molecule has 1 fully saturated rings. The molecule has 29 heavy (non-hydrogen) atoms. The average Bonchev–Trinajstić information content (AvgIpc) is 3.13. The van der Waals surface area contributed by atoms with E-state index in [0.29, 0.717) is 5.22 Å². The van der Waals surface area contributed by atoms with Crippen molar-refractivity contribution in [2.75, 3.05) is 6.54 Å². The molecule has 0 saturated carbocycles. The lowest BCUT2D eigenvalue weighted by Gasteiger charge is -2.04. The molecule has 6 heteroatoms. The molecule has 2 aromatic heterocycles. The van der Waals surface area contributed by atoms with Gasteiger partial charge in [-0.15, -0.1) is 17.0 Å². The highest BCUT2D eigenvalue weighted by molar-refractivity contribution is 8.93. The van der Waals surface area contributed by atoms with Gasteiger partial charge in [-0.3, -0.25) is 4.79 Å². The van der Waals surface area contributed by atoms with Crippen LogP contribution in [0.4, 0.5) is 0 Å². The molecule has 1 aliphatic heterocycles. The Bertz CT molecular complexity index is 1220. The van der Waals surface area contributed by atoms with E-state index >= 15 is 0 Å². The smallest absolute Gasteiger partial charge is 0.283 e. The molecule has 2 aromatic carbocycles. The molecule has 5 rings (SSSR count). The standard InChI is InChI=1S/C23H22N4O.BrH/c28-23-21(19-14-8-3-9-15-24-19)22-25-20(17-10-4-1-5-11-17)16-26(22)27(23)18-12-6-2-7-13-18;/h1-2,4-7,10-13,16,24H,3,8-9,14-15H2;1H/b21-19-;. The second-order valence-corrected chi connectivity index (χ2v) is 7.20. The Labute approximate surface area is 179 Å². The van der Waals surface area contributed by atoms with E-state index in [2.05, 4.69) is 5.32 Å². The number of nitrogens with zero attached hydrogens (tertiary/aromatic N) is 3. The summed E-state index contributed by atoms with van der Waals surface area (Å²) in [5.41, 5.74) is 4.48. The van der Waals surface area contributed by atoms with Crippen molar-refractivity contribution in [3.05, 3.63) is 82.4 Å². The van der Waals surface area contributed by atoms with Gasteiger partial charge in [-0.2, -0.15) is 0 Å². The van der Waals surface area contributed by atoms with E-state index in [1.807, 2.05) is 71.4 Å². The largest absolute Gasteiger partial charge is 0.388 e. The van der Waals surface area contributed by atoms with Gasteiger partial charge in [0.25, 0.3) is 5.56 Å². The van der Waals surface area contributed by atoms with Crippen LogP contribution in [0, 0.1) is 0 Å². The molecule has 0 radical (unpaired) electrons. The molecule has 0 aliphatic carbocycles. The van der Waals surface area contributed by atoms with Crippen molar-refractivity contribution in [3.63, 3.8) is 0 Å². The fourth-order valence-electron chi connectivity index (χ4n) is 3.96. The van der Waals surface area contributed by atoms with Crippen molar-refractivity contribution < 1.29 is 0 Å². The van der Waals surface area contributed by atoms with Crippen LogP contribution in [0.25, 0.3) is 28.3 Å². The van der Waals surface area contributed by atoms with Crippen LogP contribution in [0.3, 0.4) is 0 Å². The van der Waals surface area contributed by atoms with Gasteiger partial charge < -0.3 is 5.32 Å². The molecule has 5 nitrogen and oxygen atoms in total. The third kappa shape index (κ3) is 3.49. The van der Waals surface area contributed by atoms with E-state index in [4.69, 9.17) is 4.98 Å². The van der Waals surface area contributed by atoms with Crippen molar-refractivity contribution >= 4 is 28.3 Å². The first-order valence-electron chi connectivity index (χ1n) is 9.85. The summed E-state index contributed by atoms with van der Waals surface area (Å²) in [5.74, 6) is 0. The third-order valence-corrected chi connectivity index (χ3v) is 5.35. The maximum atomic E-state index is 13.5. The summed E-state index contributed by atoms with van der Waals surface area (Å²) in [6.45, 7) is 0.906. The van der Waals surface area contributed by atoms with Crippen LogP contribution in [0.1, 0.15) is 25.7 Å². The number of hydrogen-bond acceptors (Lipinski definition) is 3. The molecule has 0 unspecified atom stereocenters. The molecular formula is C23H23BrN4O. The maximum absolute atomic E-state index is 13.5. The Morgan fingerprint density at radius 2 is 1.62 bits per heavy atom. The molecule has 4 aromatic rings. The molecular weight excluding hydrogens is 428 g/mol. The Morgan fingerprint density at radius 3 is 2.38 bits per heavy atom. The number of halogens is 1. The SMILES string of the molecule is Br.O=c1/c(=C2/CCCCCN2)c2nc(-c3ccccc3)cn2n1-c1ccccc1. The molecule has 148 valence electrons. The van der Waals surface area contributed by atoms with Crippen LogP contribution in [-0.4, -0.2) is 20.7 Å². The van der Waals surface area contributed by atoms with E-state index in [1.165, 1.54) is 6.42 Å². The molecule has 0 amide bonds. The molecule has 1 aliphatic rings. The highest BCUT2D eigenvalue weighted by atomic mass is 79.9. The number of benzene rings is 2. The zero-order valence-corrected chi connectivity index (χ0v) is 17.8. The van der Waals surface area contributed by atoms with Gasteiger partial charge in [0, 0.05) is 17.8 Å². The van der Waals surface area contributed by atoms with E-state index in [-0.39, 0.29) is 22.5 Å². The first kappa shape index (κ1) is 19.5. The van der Waals surface area contributed by atoms with E-state index < -0.39 is 0 Å². The monoisotopic (exact) mass is 450 g/mol. The highest BCUT2D eigenvalue weighted by Gasteiger charge is 2.19. The highest BCUT2D eigenvalue weighted by Crippen LogP contribution is 2.19. The Morgan fingerprint density at radius 1 is 0.897 bits per heavy atom. The fraction of sp³-hybridized carbons (Fsp3) is 0.217. The zero-order chi connectivity index (χ0) is 18.9. The van der Waals surface area contributed by atoms with Gasteiger partial charge in [0.15, 0.2) is 5.65 Å². The van der Waals surface area contributed by atoms with Gasteiger partial charge in [0.2, 0.25) is 0 Å².